The van der Waals surface area contributed by atoms with Crippen LogP contribution in [-0.4, -0.2) is 14.5 Å². The Morgan fingerprint density at radius 3 is 2.29 bits per heavy atom. The van der Waals surface area contributed by atoms with Crippen molar-refractivity contribution in [3.63, 3.8) is 0 Å². The van der Waals surface area contributed by atoms with E-state index in [4.69, 9.17) is 0 Å². The topological polar surface area (TPSA) is 36.5 Å². The van der Waals surface area contributed by atoms with Gasteiger partial charge in [0.15, 0.2) is 0 Å². The smallest absolute Gasteiger partial charge is 0.0562 e. The van der Waals surface area contributed by atoms with Gasteiger partial charge in [-0.25, -0.2) is 0 Å². The van der Waals surface area contributed by atoms with Gasteiger partial charge in [-0.1, -0.05) is 85.0 Å². The second-order valence-electron chi connectivity index (χ2n) is 9.55. The summed E-state index contributed by atoms with van der Waals surface area (Å²) < 4.78 is 2.36. The van der Waals surface area contributed by atoms with Gasteiger partial charge in [-0.3, -0.25) is 0 Å². The number of hydrogen-bond donors (Lipinski definition) is 2. The molecule has 3 aromatic heterocycles. The molecule has 0 bridgehead atoms. The molecule has 0 atom stereocenters. The number of nitrogens with one attached hydrogen (secondary N) is 2. The largest absolute Gasteiger partial charge is 0.361 e. The van der Waals surface area contributed by atoms with Crippen molar-refractivity contribution >= 4 is 49.2 Å². The molecular weight excluding hydrogens is 462 g/mol. The molecule has 3 heteroatoms. The monoisotopic (exact) mass is 489 g/mol. The van der Waals surface area contributed by atoms with Gasteiger partial charge >= 0.3 is 0 Å². The number of benzene rings is 4. The summed E-state index contributed by atoms with van der Waals surface area (Å²) in [5, 5.41) is 5.14. The Labute approximate surface area is 221 Å². The molecule has 0 saturated carbocycles. The Hall–Kier alpha value is -5.02. The Morgan fingerprint density at radius 2 is 1.42 bits per heavy atom. The third-order valence-corrected chi connectivity index (χ3v) is 7.20. The number of aromatic nitrogens is 3. The molecule has 8 rings (SSSR count). The molecule has 3 nitrogen and oxygen atoms in total. The maximum atomic E-state index is 3.58. The van der Waals surface area contributed by atoms with Crippen LogP contribution in [0, 0.1) is 0 Å². The number of para-hydroxylation sites is 3. The number of aromatic amines is 2. The van der Waals surface area contributed by atoms with Crippen molar-refractivity contribution in [3.8, 4) is 5.69 Å². The van der Waals surface area contributed by atoms with E-state index in [0.29, 0.717) is 0 Å². The lowest BCUT2D eigenvalue weighted by atomic mass is 10.1. The predicted molar refractivity (Wildman–Crippen MR) is 162 cm³/mol. The number of hydrogen-bond acceptors (Lipinski definition) is 0. The minimum atomic E-state index is 1.03. The van der Waals surface area contributed by atoms with E-state index in [2.05, 4.69) is 142 Å². The SMILES string of the molecule is C1=CCC=CC(c2ccc[nH]2)=C1.c1ccc(-n2c3ccccc3c3cc4c(cc32)[nH]c2ccccc24)cc1. The zero-order valence-electron chi connectivity index (χ0n) is 20.9. The molecule has 0 aliphatic heterocycles. The zero-order chi connectivity index (χ0) is 25.3. The Balaban J connectivity index is 0.000000170. The second kappa shape index (κ2) is 9.45. The van der Waals surface area contributed by atoms with Crippen LogP contribution in [0.3, 0.4) is 0 Å². The summed E-state index contributed by atoms with van der Waals surface area (Å²) in [6.45, 7) is 0. The number of nitrogens with zero attached hydrogens (tertiary/aromatic N) is 1. The number of rotatable bonds is 2. The van der Waals surface area contributed by atoms with Gasteiger partial charge < -0.3 is 14.5 Å². The lowest BCUT2D eigenvalue weighted by molar-refractivity contribution is 1.18. The van der Waals surface area contributed by atoms with Gasteiger partial charge in [0.1, 0.15) is 0 Å². The average Bonchev–Trinajstić information content (AvgIpc) is 3.64. The van der Waals surface area contributed by atoms with E-state index in [1.54, 1.807) is 0 Å². The van der Waals surface area contributed by atoms with Gasteiger partial charge in [-0.05, 0) is 60.5 Å². The van der Waals surface area contributed by atoms with Crippen LogP contribution in [0.4, 0.5) is 0 Å². The first kappa shape index (κ1) is 22.2. The molecule has 182 valence electrons. The minimum absolute atomic E-state index is 1.03. The van der Waals surface area contributed by atoms with Crippen LogP contribution in [0.1, 0.15) is 12.1 Å². The molecule has 1 aliphatic carbocycles. The van der Waals surface area contributed by atoms with Crippen LogP contribution in [0.5, 0.6) is 0 Å². The fourth-order valence-corrected chi connectivity index (χ4v) is 5.44. The molecule has 38 heavy (non-hydrogen) atoms. The fourth-order valence-electron chi connectivity index (χ4n) is 5.44. The first-order valence-electron chi connectivity index (χ1n) is 13.0. The lowest BCUT2D eigenvalue weighted by Gasteiger charge is -2.07. The van der Waals surface area contributed by atoms with Crippen LogP contribution in [0.25, 0.3) is 54.9 Å². The van der Waals surface area contributed by atoms with Crippen molar-refractivity contribution in [2.45, 2.75) is 6.42 Å². The highest BCUT2D eigenvalue weighted by Gasteiger charge is 2.14. The third kappa shape index (κ3) is 3.86. The number of allylic oxidation sites excluding steroid dienone is 6. The molecule has 3 heterocycles. The van der Waals surface area contributed by atoms with Crippen molar-refractivity contribution in [1.82, 2.24) is 14.5 Å². The van der Waals surface area contributed by atoms with Gasteiger partial charge in [0.2, 0.25) is 0 Å². The molecule has 7 aromatic rings. The molecule has 0 radical (unpaired) electrons. The van der Waals surface area contributed by atoms with Gasteiger partial charge in [-0.2, -0.15) is 0 Å². The van der Waals surface area contributed by atoms with Crippen molar-refractivity contribution in [3.05, 3.63) is 145 Å². The normalized spacial score (nSPS) is 13.1. The lowest BCUT2D eigenvalue weighted by Crippen LogP contribution is -1.92. The first-order chi connectivity index (χ1) is 18.9. The predicted octanol–water partition coefficient (Wildman–Crippen LogP) is 9.33. The standard InChI is InChI=1S/C24H16N2.C11H11N/c1-2-8-16(9-3-1)26-23-13-7-5-11-18(23)20-14-19-17-10-4-6-12-21(17)25-22(19)15-24(20)26;1-2-4-7-10(6-3-1)11-8-5-9-12-11/h1-15,25H;1,3-9,12H,2H2. The van der Waals surface area contributed by atoms with Gasteiger partial charge in [0.05, 0.1) is 11.0 Å². The Morgan fingerprint density at radius 1 is 0.605 bits per heavy atom. The van der Waals surface area contributed by atoms with E-state index in [1.807, 2.05) is 12.3 Å². The molecule has 2 N–H and O–H groups in total. The van der Waals surface area contributed by atoms with Gasteiger partial charge in [0.25, 0.3) is 0 Å². The van der Waals surface area contributed by atoms with Crippen LogP contribution >= 0.6 is 0 Å². The maximum absolute atomic E-state index is 3.58. The summed E-state index contributed by atoms with van der Waals surface area (Å²) in [5.41, 5.74) is 8.45. The molecule has 1 aliphatic rings. The summed E-state index contributed by atoms with van der Waals surface area (Å²) in [6.07, 6.45) is 13.6. The summed E-state index contributed by atoms with van der Waals surface area (Å²) in [6, 6.07) is 36.5. The quantitative estimate of drug-likeness (QED) is 0.243. The van der Waals surface area contributed by atoms with Crippen molar-refractivity contribution in [1.29, 1.82) is 0 Å². The number of fused-ring (bicyclic) bond motifs is 6. The van der Waals surface area contributed by atoms with E-state index < -0.39 is 0 Å². The van der Waals surface area contributed by atoms with E-state index >= 15 is 0 Å². The third-order valence-electron chi connectivity index (χ3n) is 7.20. The molecule has 0 amide bonds. The van der Waals surface area contributed by atoms with E-state index in [1.165, 1.54) is 60.6 Å². The fraction of sp³-hybridized carbons (Fsp3) is 0.0286. The van der Waals surface area contributed by atoms with Gasteiger partial charge in [0, 0.05) is 50.2 Å². The molecule has 0 spiro atoms. The van der Waals surface area contributed by atoms with E-state index in [9.17, 15) is 0 Å². The van der Waals surface area contributed by atoms with Crippen LogP contribution in [-0.2, 0) is 0 Å². The first-order valence-corrected chi connectivity index (χ1v) is 13.0. The van der Waals surface area contributed by atoms with Crippen molar-refractivity contribution in [2.75, 3.05) is 0 Å². The average molecular weight is 490 g/mol. The summed E-state index contributed by atoms with van der Waals surface area (Å²) >= 11 is 0. The molecule has 4 aromatic carbocycles. The van der Waals surface area contributed by atoms with Crippen molar-refractivity contribution in [2.24, 2.45) is 0 Å². The van der Waals surface area contributed by atoms with Gasteiger partial charge in [-0.15, -0.1) is 0 Å². The van der Waals surface area contributed by atoms with Crippen LogP contribution in [0.2, 0.25) is 0 Å². The minimum Gasteiger partial charge on any atom is -0.361 e. The van der Waals surface area contributed by atoms with Crippen LogP contribution in [0.15, 0.2) is 140 Å². The van der Waals surface area contributed by atoms with E-state index in [-0.39, 0.29) is 0 Å². The van der Waals surface area contributed by atoms with Crippen LogP contribution < -0.4 is 0 Å². The summed E-state index contributed by atoms with van der Waals surface area (Å²) in [4.78, 5) is 6.76. The summed E-state index contributed by atoms with van der Waals surface area (Å²) in [7, 11) is 0. The highest BCUT2D eigenvalue weighted by Crippen LogP contribution is 2.36. The maximum Gasteiger partial charge on any atom is 0.0562 e. The second-order valence-corrected chi connectivity index (χ2v) is 9.55. The summed E-state index contributed by atoms with van der Waals surface area (Å²) in [5.74, 6) is 0. The molecular formula is C35H27N3. The Bertz CT molecular complexity index is 1980. The number of H-pyrrole nitrogens is 2. The Kier molecular flexibility index (Phi) is 5.52. The zero-order valence-corrected chi connectivity index (χ0v) is 20.9. The van der Waals surface area contributed by atoms with Crippen molar-refractivity contribution < 1.29 is 0 Å². The van der Waals surface area contributed by atoms with E-state index in [0.717, 1.165) is 6.42 Å². The highest BCUT2D eigenvalue weighted by atomic mass is 15.0. The molecule has 0 fully saturated rings. The highest BCUT2D eigenvalue weighted by molar-refractivity contribution is 6.18. The molecule has 0 saturated heterocycles. The molecule has 0 unspecified atom stereocenters.